The van der Waals surface area contributed by atoms with E-state index in [2.05, 4.69) is 27.8 Å². The molecule has 4 nitrogen and oxygen atoms in total. The summed E-state index contributed by atoms with van der Waals surface area (Å²) in [6.45, 7) is 5.70. The summed E-state index contributed by atoms with van der Waals surface area (Å²) in [6.07, 6.45) is 0.931. The Morgan fingerprint density at radius 2 is 1.60 bits per heavy atom. The maximum Gasteiger partial charge on any atom is 0.191 e. The standard InChI is InChI=1S/C20H27N3O.HI/c1-3-21-19(22-15-14-17-10-6-4-7-11-17)23-16-20(2,24)18-12-8-5-9-13-18;/h4-13,24H,3,14-16H2,1-2H3,(H2,21,22,23);1H. The minimum atomic E-state index is -0.983. The maximum absolute atomic E-state index is 10.6. The van der Waals surface area contributed by atoms with E-state index >= 15 is 0 Å². The van der Waals surface area contributed by atoms with Gasteiger partial charge in [-0.2, -0.15) is 0 Å². The predicted octanol–water partition coefficient (Wildman–Crippen LogP) is 3.31. The smallest absolute Gasteiger partial charge is 0.191 e. The zero-order chi connectivity index (χ0) is 17.3. The second-order valence-electron chi connectivity index (χ2n) is 6.00. The second-order valence-corrected chi connectivity index (χ2v) is 6.00. The number of hydrogen-bond donors (Lipinski definition) is 3. The number of rotatable bonds is 7. The van der Waals surface area contributed by atoms with Crippen LogP contribution in [0.4, 0.5) is 0 Å². The number of hydrogen-bond acceptors (Lipinski definition) is 2. The summed E-state index contributed by atoms with van der Waals surface area (Å²) in [6, 6.07) is 20.0. The van der Waals surface area contributed by atoms with Crippen molar-refractivity contribution in [3.8, 4) is 0 Å². The van der Waals surface area contributed by atoms with Gasteiger partial charge < -0.3 is 15.7 Å². The van der Waals surface area contributed by atoms with Gasteiger partial charge in [-0.1, -0.05) is 60.7 Å². The molecular formula is C20H28IN3O. The Hall–Kier alpha value is -1.60. The first-order chi connectivity index (χ1) is 11.6. The van der Waals surface area contributed by atoms with Gasteiger partial charge in [0, 0.05) is 13.1 Å². The van der Waals surface area contributed by atoms with Crippen LogP contribution in [0.15, 0.2) is 65.7 Å². The number of halogens is 1. The van der Waals surface area contributed by atoms with E-state index in [4.69, 9.17) is 0 Å². The molecule has 0 bridgehead atoms. The molecule has 1 unspecified atom stereocenters. The van der Waals surface area contributed by atoms with Crippen molar-refractivity contribution >= 4 is 29.9 Å². The van der Waals surface area contributed by atoms with Crippen molar-refractivity contribution in [2.24, 2.45) is 4.99 Å². The first-order valence-corrected chi connectivity index (χ1v) is 8.46. The van der Waals surface area contributed by atoms with E-state index in [1.165, 1.54) is 5.56 Å². The summed E-state index contributed by atoms with van der Waals surface area (Å²) >= 11 is 0. The SMILES string of the molecule is CCNC(=NCC(C)(O)c1ccccc1)NCCc1ccccc1.I. The monoisotopic (exact) mass is 453 g/mol. The van der Waals surface area contributed by atoms with Crippen LogP contribution in [0.5, 0.6) is 0 Å². The van der Waals surface area contributed by atoms with Crippen LogP contribution in [0.3, 0.4) is 0 Å². The third kappa shape index (κ3) is 7.44. The van der Waals surface area contributed by atoms with Crippen molar-refractivity contribution in [3.63, 3.8) is 0 Å². The fraction of sp³-hybridized carbons (Fsp3) is 0.350. The van der Waals surface area contributed by atoms with Crippen LogP contribution in [0.1, 0.15) is 25.0 Å². The molecule has 2 rings (SSSR count). The summed E-state index contributed by atoms with van der Waals surface area (Å²) in [5.41, 5.74) is 1.18. The zero-order valence-corrected chi connectivity index (χ0v) is 17.2. The highest BCUT2D eigenvalue weighted by molar-refractivity contribution is 14.0. The molecule has 136 valence electrons. The van der Waals surface area contributed by atoms with Gasteiger partial charge in [-0.25, -0.2) is 4.99 Å². The van der Waals surface area contributed by atoms with Gasteiger partial charge in [0.1, 0.15) is 5.60 Å². The molecule has 0 aromatic heterocycles. The average molecular weight is 453 g/mol. The molecular weight excluding hydrogens is 425 g/mol. The van der Waals surface area contributed by atoms with Crippen molar-refractivity contribution in [2.45, 2.75) is 25.9 Å². The molecule has 0 aliphatic heterocycles. The predicted molar refractivity (Wildman–Crippen MR) is 116 cm³/mol. The topological polar surface area (TPSA) is 56.7 Å². The Balaban J connectivity index is 0.00000312. The fourth-order valence-electron chi connectivity index (χ4n) is 2.43. The van der Waals surface area contributed by atoms with Crippen molar-refractivity contribution in [1.29, 1.82) is 0 Å². The first kappa shape index (κ1) is 21.4. The number of nitrogens with zero attached hydrogens (tertiary/aromatic N) is 1. The highest BCUT2D eigenvalue weighted by Gasteiger charge is 2.22. The molecule has 0 fully saturated rings. The van der Waals surface area contributed by atoms with Crippen LogP contribution < -0.4 is 10.6 Å². The zero-order valence-electron chi connectivity index (χ0n) is 14.9. The highest BCUT2D eigenvalue weighted by atomic mass is 127. The molecule has 0 spiro atoms. The van der Waals surface area contributed by atoms with Crippen LogP contribution in [-0.4, -0.2) is 30.7 Å². The van der Waals surface area contributed by atoms with E-state index in [0.717, 1.165) is 31.0 Å². The number of guanidine groups is 1. The third-order valence-corrected chi connectivity index (χ3v) is 3.83. The summed E-state index contributed by atoms with van der Waals surface area (Å²) in [5.74, 6) is 0.727. The van der Waals surface area contributed by atoms with Crippen molar-refractivity contribution in [3.05, 3.63) is 71.8 Å². The molecule has 0 radical (unpaired) electrons. The van der Waals surface area contributed by atoms with Crippen LogP contribution in [0.25, 0.3) is 0 Å². The molecule has 0 saturated carbocycles. The van der Waals surface area contributed by atoms with Gasteiger partial charge in [-0.3, -0.25) is 0 Å². The van der Waals surface area contributed by atoms with Gasteiger partial charge >= 0.3 is 0 Å². The Labute approximate surface area is 167 Å². The summed E-state index contributed by atoms with van der Waals surface area (Å²) in [4.78, 5) is 4.54. The molecule has 0 aliphatic rings. The molecule has 0 heterocycles. The summed E-state index contributed by atoms with van der Waals surface area (Å²) < 4.78 is 0. The van der Waals surface area contributed by atoms with Crippen molar-refractivity contribution in [2.75, 3.05) is 19.6 Å². The minimum Gasteiger partial charge on any atom is -0.384 e. The van der Waals surface area contributed by atoms with E-state index in [-0.39, 0.29) is 24.0 Å². The van der Waals surface area contributed by atoms with Crippen LogP contribution in [-0.2, 0) is 12.0 Å². The lowest BCUT2D eigenvalue weighted by atomic mass is 9.96. The molecule has 0 amide bonds. The molecule has 2 aromatic rings. The summed E-state index contributed by atoms with van der Waals surface area (Å²) in [7, 11) is 0. The Morgan fingerprint density at radius 3 is 2.20 bits per heavy atom. The molecule has 0 saturated heterocycles. The molecule has 25 heavy (non-hydrogen) atoms. The van der Waals surface area contributed by atoms with Crippen molar-refractivity contribution in [1.82, 2.24) is 10.6 Å². The van der Waals surface area contributed by atoms with E-state index in [1.807, 2.05) is 55.5 Å². The van der Waals surface area contributed by atoms with Gasteiger partial charge in [0.2, 0.25) is 0 Å². The Kier molecular flexibility index (Phi) is 9.52. The Morgan fingerprint density at radius 1 is 1.00 bits per heavy atom. The molecule has 1 atom stereocenters. The fourth-order valence-corrected chi connectivity index (χ4v) is 2.43. The quantitative estimate of drug-likeness (QED) is 0.343. The number of aliphatic hydroxyl groups is 1. The van der Waals surface area contributed by atoms with Crippen LogP contribution >= 0.6 is 24.0 Å². The van der Waals surface area contributed by atoms with Gasteiger partial charge in [0.15, 0.2) is 5.96 Å². The van der Waals surface area contributed by atoms with E-state index < -0.39 is 5.60 Å². The van der Waals surface area contributed by atoms with E-state index in [9.17, 15) is 5.11 Å². The average Bonchev–Trinajstić information content (AvgIpc) is 2.61. The summed E-state index contributed by atoms with van der Waals surface area (Å²) in [5, 5.41) is 17.2. The lowest BCUT2D eigenvalue weighted by Gasteiger charge is -2.22. The Bertz CT molecular complexity index is 630. The number of benzene rings is 2. The highest BCUT2D eigenvalue weighted by Crippen LogP contribution is 2.20. The lowest BCUT2D eigenvalue weighted by molar-refractivity contribution is 0.0672. The maximum atomic E-state index is 10.6. The molecule has 5 heteroatoms. The second kappa shape index (κ2) is 11.1. The molecule has 3 N–H and O–H groups in total. The molecule has 2 aromatic carbocycles. The minimum absolute atomic E-state index is 0. The van der Waals surface area contributed by atoms with E-state index in [0.29, 0.717) is 6.54 Å². The third-order valence-electron chi connectivity index (χ3n) is 3.83. The van der Waals surface area contributed by atoms with Gasteiger partial charge in [0.05, 0.1) is 6.54 Å². The van der Waals surface area contributed by atoms with E-state index in [1.54, 1.807) is 6.92 Å². The first-order valence-electron chi connectivity index (χ1n) is 8.46. The van der Waals surface area contributed by atoms with Gasteiger partial charge in [0.25, 0.3) is 0 Å². The van der Waals surface area contributed by atoms with Crippen LogP contribution in [0.2, 0.25) is 0 Å². The largest absolute Gasteiger partial charge is 0.384 e. The normalized spacial score (nSPS) is 13.5. The van der Waals surface area contributed by atoms with Gasteiger partial charge in [-0.15, -0.1) is 24.0 Å². The number of aliphatic imine (C=N–C) groups is 1. The lowest BCUT2D eigenvalue weighted by Crippen LogP contribution is -2.39. The number of nitrogens with one attached hydrogen (secondary N) is 2. The van der Waals surface area contributed by atoms with Gasteiger partial charge in [-0.05, 0) is 31.4 Å². The van der Waals surface area contributed by atoms with Crippen molar-refractivity contribution < 1.29 is 5.11 Å². The van der Waals surface area contributed by atoms with Crippen LogP contribution in [0, 0.1) is 0 Å². The molecule has 0 aliphatic carbocycles.